The average molecular weight is 515 g/mol. The van der Waals surface area contributed by atoms with E-state index in [-0.39, 0.29) is 5.91 Å². The van der Waals surface area contributed by atoms with Crippen LogP contribution < -0.4 is 19.7 Å². The zero-order valence-electron chi connectivity index (χ0n) is 20.5. The summed E-state index contributed by atoms with van der Waals surface area (Å²) in [5, 5.41) is 4.57. The molecule has 2 aromatic carbocycles. The van der Waals surface area contributed by atoms with Gasteiger partial charge in [0.1, 0.15) is 0 Å². The molecule has 1 amide bonds. The molecule has 1 saturated heterocycles. The van der Waals surface area contributed by atoms with Gasteiger partial charge in [-0.15, -0.1) is 11.3 Å². The second kappa shape index (κ2) is 11.3. The van der Waals surface area contributed by atoms with E-state index >= 15 is 0 Å². The van der Waals surface area contributed by atoms with Crippen molar-refractivity contribution in [2.24, 2.45) is 0 Å². The van der Waals surface area contributed by atoms with Gasteiger partial charge in [0.15, 0.2) is 16.6 Å². The number of anilines is 1. The summed E-state index contributed by atoms with van der Waals surface area (Å²) >= 11 is 7.78. The zero-order valence-corrected chi connectivity index (χ0v) is 22.1. The smallest absolute Gasteiger partial charge is 0.251 e. The highest BCUT2D eigenvalue weighted by Gasteiger charge is 2.26. The standard InChI is InChI=1S/C26H31ClN4O3S/c1-17-15-31(11-10-30(17)16-19-8-9-23(33-3)24(12-19)34-4)26-29-14-20(35-26)13-28-25(32)21-6-5-7-22(27)18(21)2/h5-9,12,14,17H,10-11,13,15-16H2,1-4H3,(H,28,32). The Kier molecular flexibility index (Phi) is 8.15. The summed E-state index contributed by atoms with van der Waals surface area (Å²) in [7, 11) is 3.31. The Labute approximate surface area is 215 Å². The van der Waals surface area contributed by atoms with Crippen LogP contribution in [0.15, 0.2) is 42.6 Å². The SMILES string of the molecule is COc1ccc(CN2CCN(c3ncc(CNC(=O)c4cccc(Cl)c4C)s3)CC2C)cc1OC. The van der Waals surface area contributed by atoms with E-state index < -0.39 is 0 Å². The molecule has 1 unspecified atom stereocenters. The molecule has 1 fully saturated rings. The van der Waals surface area contributed by atoms with Gasteiger partial charge in [-0.05, 0) is 49.2 Å². The molecule has 1 aliphatic heterocycles. The Balaban J connectivity index is 1.32. The number of carbonyl (C=O) groups excluding carboxylic acids is 1. The highest BCUT2D eigenvalue weighted by Crippen LogP contribution is 2.30. The van der Waals surface area contributed by atoms with Crippen LogP contribution in [0.4, 0.5) is 5.13 Å². The number of hydrogen-bond donors (Lipinski definition) is 1. The molecule has 7 nitrogen and oxygen atoms in total. The van der Waals surface area contributed by atoms with Crippen LogP contribution in [-0.2, 0) is 13.1 Å². The first-order chi connectivity index (χ1) is 16.9. The van der Waals surface area contributed by atoms with Gasteiger partial charge in [-0.2, -0.15) is 0 Å². The fourth-order valence-electron chi connectivity index (χ4n) is 4.26. The number of benzene rings is 2. The zero-order chi connectivity index (χ0) is 24.9. The van der Waals surface area contributed by atoms with Crippen molar-refractivity contribution >= 4 is 34.0 Å². The third kappa shape index (κ3) is 5.89. The predicted molar refractivity (Wildman–Crippen MR) is 141 cm³/mol. The summed E-state index contributed by atoms with van der Waals surface area (Å²) in [4.78, 5) is 23.0. The van der Waals surface area contributed by atoms with Gasteiger partial charge >= 0.3 is 0 Å². The molecule has 1 aliphatic rings. The summed E-state index contributed by atoms with van der Waals surface area (Å²) < 4.78 is 10.8. The van der Waals surface area contributed by atoms with Gasteiger partial charge in [0.25, 0.3) is 5.91 Å². The third-order valence-corrected chi connectivity index (χ3v) is 7.81. The minimum atomic E-state index is -0.127. The summed E-state index contributed by atoms with van der Waals surface area (Å²) in [6.07, 6.45) is 1.85. The summed E-state index contributed by atoms with van der Waals surface area (Å²) in [5.41, 5.74) is 2.59. The lowest BCUT2D eigenvalue weighted by atomic mass is 10.1. The Bertz CT molecular complexity index is 1190. The molecule has 0 bridgehead atoms. The molecular weight excluding hydrogens is 484 g/mol. The summed E-state index contributed by atoms with van der Waals surface area (Å²) in [5.74, 6) is 1.37. The predicted octanol–water partition coefficient (Wildman–Crippen LogP) is 4.76. The van der Waals surface area contributed by atoms with Crippen LogP contribution in [0.3, 0.4) is 0 Å². The molecule has 1 N–H and O–H groups in total. The molecule has 0 saturated carbocycles. The van der Waals surface area contributed by atoms with E-state index in [0.29, 0.717) is 23.2 Å². The van der Waals surface area contributed by atoms with Crippen LogP contribution >= 0.6 is 22.9 Å². The minimum absolute atomic E-state index is 0.127. The van der Waals surface area contributed by atoms with E-state index in [2.05, 4.69) is 33.1 Å². The largest absolute Gasteiger partial charge is 0.493 e. The van der Waals surface area contributed by atoms with Crippen molar-refractivity contribution in [2.45, 2.75) is 33.0 Å². The normalized spacial score (nSPS) is 16.3. The Morgan fingerprint density at radius 1 is 1.20 bits per heavy atom. The van der Waals surface area contributed by atoms with E-state index in [1.807, 2.05) is 25.3 Å². The lowest BCUT2D eigenvalue weighted by Gasteiger charge is -2.39. The van der Waals surface area contributed by atoms with Crippen LogP contribution in [0.5, 0.6) is 11.5 Å². The molecule has 1 atom stereocenters. The summed E-state index contributed by atoms with van der Waals surface area (Å²) in [6, 6.07) is 11.8. The molecule has 3 aromatic rings. The Hall–Kier alpha value is -2.81. The molecule has 35 heavy (non-hydrogen) atoms. The molecule has 0 aliphatic carbocycles. The second-order valence-corrected chi connectivity index (χ2v) is 10.2. The fourth-order valence-corrected chi connectivity index (χ4v) is 5.32. The van der Waals surface area contributed by atoms with E-state index in [4.69, 9.17) is 21.1 Å². The number of nitrogens with one attached hydrogen (secondary N) is 1. The lowest BCUT2D eigenvalue weighted by Crippen LogP contribution is -2.51. The van der Waals surface area contributed by atoms with Crippen LogP contribution in [-0.4, -0.2) is 55.7 Å². The highest BCUT2D eigenvalue weighted by atomic mass is 35.5. The minimum Gasteiger partial charge on any atom is -0.493 e. The number of amides is 1. The molecule has 0 radical (unpaired) electrons. The number of nitrogens with zero attached hydrogens (tertiary/aromatic N) is 3. The highest BCUT2D eigenvalue weighted by molar-refractivity contribution is 7.15. The first kappa shape index (κ1) is 25.3. The molecule has 9 heteroatoms. The second-order valence-electron chi connectivity index (χ2n) is 8.66. The van der Waals surface area contributed by atoms with Crippen molar-refractivity contribution < 1.29 is 14.3 Å². The summed E-state index contributed by atoms with van der Waals surface area (Å²) in [6.45, 7) is 8.13. The van der Waals surface area contributed by atoms with Crippen molar-refractivity contribution in [3.05, 3.63) is 69.2 Å². The van der Waals surface area contributed by atoms with Crippen LogP contribution in [0.2, 0.25) is 5.02 Å². The van der Waals surface area contributed by atoms with Crippen LogP contribution in [0.1, 0.15) is 33.3 Å². The monoisotopic (exact) mass is 514 g/mol. The number of thiazole rings is 1. The first-order valence-corrected chi connectivity index (χ1v) is 12.8. The van der Waals surface area contributed by atoms with Crippen LogP contribution in [0.25, 0.3) is 0 Å². The van der Waals surface area contributed by atoms with Gasteiger partial charge in [-0.1, -0.05) is 23.7 Å². The maximum Gasteiger partial charge on any atom is 0.251 e. The topological polar surface area (TPSA) is 66.9 Å². The maximum absolute atomic E-state index is 12.6. The number of hydrogen-bond acceptors (Lipinski definition) is 7. The molecule has 2 heterocycles. The van der Waals surface area contributed by atoms with Gasteiger partial charge in [0.05, 0.1) is 20.8 Å². The quantitative estimate of drug-likeness (QED) is 0.467. The number of halogens is 1. The first-order valence-electron chi connectivity index (χ1n) is 11.6. The fraction of sp³-hybridized carbons (Fsp3) is 0.385. The number of methoxy groups -OCH3 is 2. The van der Waals surface area contributed by atoms with E-state index in [9.17, 15) is 4.79 Å². The van der Waals surface area contributed by atoms with Crippen molar-refractivity contribution in [1.82, 2.24) is 15.2 Å². The Morgan fingerprint density at radius 2 is 2.00 bits per heavy atom. The van der Waals surface area contributed by atoms with E-state index in [1.54, 1.807) is 43.8 Å². The van der Waals surface area contributed by atoms with Crippen molar-refractivity contribution in [1.29, 1.82) is 0 Å². The molecular formula is C26H31ClN4O3S. The van der Waals surface area contributed by atoms with Crippen LogP contribution in [0, 0.1) is 6.92 Å². The average Bonchev–Trinajstić information content (AvgIpc) is 3.34. The third-order valence-electron chi connectivity index (χ3n) is 6.35. The molecule has 0 spiro atoms. The number of aromatic nitrogens is 1. The molecule has 4 rings (SSSR count). The van der Waals surface area contributed by atoms with Gasteiger partial charge in [-0.3, -0.25) is 9.69 Å². The van der Waals surface area contributed by atoms with Crippen molar-refractivity contribution in [2.75, 3.05) is 38.8 Å². The number of piperazine rings is 1. The van der Waals surface area contributed by atoms with Crippen molar-refractivity contribution in [3.8, 4) is 11.5 Å². The Morgan fingerprint density at radius 3 is 2.74 bits per heavy atom. The van der Waals surface area contributed by atoms with Gasteiger partial charge in [0.2, 0.25) is 0 Å². The van der Waals surface area contributed by atoms with Gasteiger partial charge in [0, 0.05) is 53.9 Å². The van der Waals surface area contributed by atoms with E-state index in [1.165, 1.54) is 5.56 Å². The number of ether oxygens (including phenoxy) is 2. The lowest BCUT2D eigenvalue weighted by molar-refractivity contribution is 0.0950. The van der Waals surface area contributed by atoms with Gasteiger partial charge in [-0.25, -0.2) is 4.98 Å². The molecule has 186 valence electrons. The maximum atomic E-state index is 12.6. The number of rotatable bonds is 8. The molecule has 1 aromatic heterocycles. The number of carbonyl (C=O) groups is 1. The van der Waals surface area contributed by atoms with E-state index in [0.717, 1.165) is 53.3 Å². The van der Waals surface area contributed by atoms with Gasteiger partial charge < -0.3 is 19.7 Å². The van der Waals surface area contributed by atoms with Crippen molar-refractivity contribution in [3.63, 3.8) is 0 Å².